The standard InChI is InChI=1S/C25H33ClN4O2/c1-23(2)17-24(3,4)25(23,32-20-7-6-19(15-27)21(26)14-20)30-11-5-10-28-22(30)29-12-8-18(16-31)9-13-29/h5-7,10-11,14,18,22,31H,8-9,12-13,16-17H2,1-4H3. The van der Waals surface area contributed by atoms with E-state index in [0.29, 0.717) is 22.3 Å². The summed E-state index contributed by atoms with van der Waals surface area (Å²) in [5, 5.41) is 19.2. The zero-order valence-electron chi connectivity index (χ0n) is 19.4. The first kappa shape index (κ1) is 23.1. The number of rotatable bonds is 5. The molecule has 4 rings (SSSR count). The molecule has 2 aliphatic heterocycles. The van der Waals surface area contributed by atoms with Gasteiger partial charge in [0.15, 0.2) is 12.0 Å². The van der Waals surface area contributed by atoms with Crippen LogP contribution < -0.4 is 4.74 Å². The van der Waals surface area contributed by atoms with Crippen molar-refractivity contribution in [3.05, 3.63) is 41.1 Å². The molecule has 3 aliphatic rings. The van der Waals surface area contributed by atoms with Crippen LogP contribution in [-0.2, 0) is 0 Å². The van der Waals surface area contributed by atoms with Crippen molar-refractivity contribution < 1.29 is 9.84 Å². The fourth-order valence-corrected chi connectivity index (χ4v) is 6.53. The first-order valence-corrected chi connectivity index (χ1v) is 11.7. The minimum atomic E-state index is -0.662. The number of halogens is 1. The van der Waals surface area contributed by atoms with Gasteiger partial charge in [-0.2, -0.15) is 5.26 Å². The van der Waals surface area contributed by atoms with Gasteiger partial charge in [0.1, 0.15) is 11.8 Å². The number of allylic oxidation sites excluding steroid dienone is 1. The van der Waals surface area contributed by atoms with E-state index in [1.807, 2.05) is 18.4 Å². The van der Waals surface area contributed by atoms with Gasteiger partial charge < -0.3 is 14.7 Å². The highest BCUT2D eigenvalue weighted by Crippen LogP contribution is 2.65. The molecule has 32 heavy (non-hydrogen) atoms. The highest BCUT2D eigenvalue weighted by molar-refractivity contribution is 6.31. The summed E-state index contributed by atoms with van der Waals surface area (Å²) in [6, 6.07) is 7.40. The summed E-state index contributed by atoms with van der Waals surface area (Å²) in [5.74, 6) is 1.01. The van der Waals surface area contributed by atoms with Gasteiger partial charge in [0, 0.05) is 49.0 Å². The first-order chi connectivity index (χ1) is 15.1. The van der Waals surface area contributed by atoms with Crippen molar-refractivity contribution in [3.63, 3.8) is 0 Å². The maximum absolute atomic E-state index is 9.56. The van der Waals surface area contributed by atoms with E-state index in [1.165, 1.54) is 0 Å². The van der Waals surface area contributed by atoms with Crippen LogP contribution >= 0.6 is 11.6 Å². The molecule has 2 heterocycles. The fourth-order valence-electron chi connectivity index (χ4n) is 6.31. The van der Waals surface area contributed by atoms with Crippen molar-refractivity contribution in [2.45, 2.75) is 59.0 Å². The van der Waals surface area contributed by atoms with Gasteiger partial charge in [0.05, 0.1) is 10.6 Å². The second kappa shape index (κ2) is 8.37. The summed E-state index contributed by atoms with van der Waals surface area (Å²) in [4.78, 5) is 9.54. The molecule has 0 spiro atoms. The Labute approximate surface area is 196 Å². The first-order valence-electron chi connectivity index (χ1n) is 11.4. The third-order valence-corrected chi connectivity index (χ3v) is 7.76. The maximum atomic E-state index is 9.56. The molecule has 1 atom stereocenters. The van der Waals surface area contributed by atoms with E-state index in [2.05, 4.69) is 49.8 Å². The molecule has 1 aromatic rings. The van der Waals surface area contributed by atoms with Crippen molar-refractivity contribution in [1.29, 1.82) is 5.26 Å². The molecule has 172 valence electrons. The Bertz CT molecular complexity index is 943. The Morgan fingerprint density at radius 1 is 1.22 bits per heavy atom. The number of aliphatic hydroxyl groups excluding tert-OH is 1. The highest BCUT2D eigenvalue weighted by atomic mass is 35.5. The summed E-state index contributed by atoms with van der Waals surface area (Å²) >= 11 is 6.34. The Hall–Kier alpha value is -2.07. The summed E-state index contributed by atoms with van der Waals surface area (Å²) < 4.78 is 6.89. The SMILES string of the molecule is CC1(C)CC(C)(C)C1(Oc1ccc(C#N)c(Cl)c1)N1C=CC=NC1N1CCC(CO)CC1. The molecule has 1 aromatic carbocycles. The molecule has 1 saturated carbocycles. The Kier molecular flexibility index (Phi) is 6.04. The summed E-state index contributed by atoms with van der Waals surface area (Å²) in [7, 11) is 0. The molecule has 1 unspecified atom stereocenters. The van der Waals surface area contributed by atoms with Crippen LogP contribution in [0.4, 0.5) is 0 Å². The van der Waals surface area contributed by atoms with Gasteiger partial charge in [0.25, 0.3) is 0 Å². The zero-order valence-corrected chi connectivity index (χ0v) is 20.1. The normalized spacial score (nSPS) is 26.4. The fraction of sp³-hybridized carbons (Fsp3) is 0.600. The number of aliphatic imine (C=N–C) groups is 1. The second-order valence-corrected chi connectivity index (χ2v) is 10.9. The van der Waals surface area contributed by atoms with Gasteiger partial charge in [-0.1, -0.05) is 39.3 Å². The van der Waals surface area contributed by atoms with E-state index in [9.17, 15) is 10.4 Å². The predicted octanol–water partition coefficient (Wildman–Crippen LogP) is 4.63. The number of nitriles is 1. The predicted molar refractivity (Wildman–Crippen MR) is 126 cm³/mol. The molecule has 0 radical (unpaired) electrons. The van der Waals surface area contributed by atoms with Gasteiger partial charge >= 0.3 is 0 Å². The van der Waals surface area contributed by atoms with E-state index in [-0.39, 0.29) is 23.7 Å². The number of hydrogen-bond acceptors (Lipinski definition) is 6. The van der Waals surface area contributed by atoms with Crippen LogP contribution in [0.5, 0.6) is 5.75 Å². The van der Waals surface area contributed by atoms with Crippen LogP contribution in [0.3, 0.4) is 0 Å². The molecule has 1 N–H and O–H groups in total. The van der Waals surface area contributed by atoms with E-state index in [4.69, 9.17) is 21.3 Å². The van der Waals surface area contributed by atoms with Gasteiger partial charge in [-0.3, -0.25) is 9.89 Å². The number of ether oxygens (including phenoxy) is 1. The van der Waals surface area contributed by atoms with E-state index < -0.39 is 5.72 Å². The Balaban J connectivity index is 1.72. The van der Waals surface area contributed by atoms with Gasteiger partial charge in [-0.25, -0.2) is 0 Å². The lowest BCUT2D eigenvalue weighted by Gasteiger charge is -2.70. The summed E-state index contributed by atoms with van der Waals surface area (Å²) in [6.07, 6.45) is 8.69. The van der Waals surface area contributed by atoms with Crippen LogP contribution in [0.2, 0.25) is 5.02 Å². The largest absolute Gasteiger partial charge is 0.467 e. The Morgan fingerprint density at radius 3 is 2.47 bits per heavy atom. The number of aliphatic hydroxyl groups is 1. The van der Waals surface area contributed by atoms with Crippen LogP contribution in [0.25, 0.3) is 0 Å². The monoisotopic (exact) mass is 456 g/mol. The smallest absolute Gasteiger partial charge is 0.195 e. The molecular formula is C25H33ClN4O2. The average molecular weight is 457 g/mol. The highest BCUT2D eigenvalue weighted by Gasteiger charge is 2.71. The third kappa shape index (κ3) is 3.61. The quantitative estimate of drug-likeness (QED) is 0.699. The number of nitrogens with zero attached hydrogens (tertiary/aromatic N) is 4. The van der Waals surface area contributed by atoms with E-state index in [0.717, 1.165) is 32.4 Å². The minimum Gasteiger partial charge on any atom is -0.467 e. The molecule has 0 aromatic heterocycles. The third-order valence-electron chi connectivity index (χ3n) is 7.44. The minimum absolute atomic E-state index is 0.157. The van der Waals surface area contributed by atoms with E-state index in [1.54, 1.807) is 12.1 Å². The molecule has 7 heteroatoms. The number of hydrogen-bond donors (Lipinski definition) is 1. The summed E-state index contributed by atoms with van der Waals surface area (Å²) in [5.41, 5.74) is -0.539. The van der Waals surface area contributed by atoms with Crippen LogP contribution in [-0.4, -0.2) is 52.8 Å². The molecule has 1 saturated heterocycles. The molecule has 2 fully saturated rings. The van der Waals surface area contributed by atoms with Crippen molar-refractivity contribution in [2.75, 3.05) is 19.7 Å². The molecule has 1 aliphatic carbocycles. The van der Waals surface area contributed by atoms with Crippen molar-refractivity contribution in [3.8, 4) is 11.8 Å². The number of likely N-dealkylation sites (tertiary alicyclic amines) is 1. The topological polar surface area (TPSA) is 72.1 Å². The lowest BCUT2D eigenvalue weighted by Crippen LogP contribution is -2.79. The molecule has 6 nitrogen and oxygen atoms in total. The maximum Gasteiger partial charge on any atom is 0.195 e. The lowest BCUT2D eigenvalue weighted by atomic mass is 9.48. The van der Waals surface area contributed by atoms with Crippen LogP contribution in [0, 0.1) is 28.1 Å². The molecular weight excluding hydrogens is 424 g/mol. The molecule has 0 amide bonds. The lowest BCUT2D eigenvalue weighted by molar-refractivity contribution is -0.314. The molecule has 0 bridgehead atoms. The van der Waals surface area contributed by atoms with Gasteiger partial charge in [-0.15, -0.1) is 0 Å². The van der Waals surface area contributed by atoms with Crippen LogP contribution in [0.1, 0.15) is 52.5 Å². The van der Waals surface area contributed by atoms with Crippen LogP contribution in [0.15, 0.2) is 35.5 Å². The van der Waals surface area contributed by atoms with Crippen molar-refractivity contribution in [1.82, 2.24) is 9.80 Å². The average Bonchev–Trinajstić information content (AvgIpc) is 2.76. The Morgan fingerprint density at radius 2 is 1.91 bits per heavy atom. The number of benzene rings is 1. The second-order valence-electron chi connectivity index (χ2n) is 10.5. The zero-order chi connectivity index (χ0) is 23.1. The van der Waals surface area contributed by atoms with Crippen molar-refractivity contribution >= 4 is 17.8 Å². The summed E-state index contributed by atoms with van der Waals surface area (Å²) in [6.45, 7) is 11.0. The van der Waals surface area contributed by atoms with Crippen molar-refractivity contribution in [2.24, 2.45) is 21.7 Å². The number of piperidine rings is 1. The van der Waals surface area contributed by atoms with E-state index >= 15 is 0 Å². The van der Waals surface area contributed by atoms with Gasteiger partial charge in [0.2, 0.25) is 0 Å². The van der Waals surface area contributed by atoms with Gasteiger partial charge in [-0.05, 0) is 43.4 Å².